The molecule has 0 radical (unpaired) electrons. The zero-order valence-corrected chi connectivity index (χ0v) is 12.1. The first-order valence-corrected chi connectivity index (χ1v) is 7.59. The van der Waals surface area contributed by atoms with E-state index in [1.807, 2.05) is 6.92 Å². The molecule has 0 aliphatic rings. The zero-order valence-electron chi connectivity index (χ0n) is 11.3. The van der Waals surface area contributed by atoms with Gasteiger partial charge in [-0.3, -0.25) is 19.1 Å². The normalized spacial score (nSPS) is 13.5. The number of carbonyl (C=O) groups excluding carboxylic acids is 1. The molecule has 20 heavy (non-hydrogen) atoms. The van der Waals surface area contributed by atoms with Crippen molar-refractivity contribution in [3.63, 3.8) is 0 Å². The Morgan fingerprint density at radius 1 is 1.55 bits per heavy atom. The SMILES string of the molecule is CC(CCNc1cc(C(N)=O)ccc1[N+](=O)[O-])S(C)=O. The number of nitrogens with one attached hydrogen (secondary N) is 1. The van der Waals surface area contributed by atoms with Crippen molar-refractivity contribution >= 4 is 28.1 Å². The van der Waals surface area contributed by atoms with Crippen molar-refractivity contribution in [2.75, 3.05) is 18.1 Å². The molecule has 2 unspecified atom stereocenters. The largest absolute Gasteiger partial charge is 0.379 e. The van der Waals surface area contributed by atoms with Gasteiger partial charge in [-0.15, -0.1) is 0 Å². The Bertz CT molecular complexity index is 548. The highest BCUT2D eigenvalue weighted by molar-refractivity contribution is 7.84. The highest BCUT2D eigenvalue weighted by Gasteiger charge is 2.16. The molecule has 1 rings (SSSR count). The van der Waals surface area contributed by atoms with Gasteiger partial charge in [0.15, 0.2) is 0 Å². The first-order chi connectivity index (χ1) is 9.32. The average molecular weight is 299 g/mol. The second kappa shape index (κ2) is 6.99. The Kier molecular flexibility index (Phi) is 5.63. The van der Waals surface area contributed by atoms with Crippen LogP contribution < -0.4 is 11.1 Å². The first-order valence-electron chi connectivity index (χ1n) is 5.97. The molecule has 1 aromatic rings. The summed E-state index contributed by atoms with van der Waals surface area (Å²) in [5.41, 5.74) is 5.46. The molecule has 0 saturated heterocycles. The van der Waals surface area contributed by atoms with E-state index < -0.39 is 21.6 Å². The van der Waals surface area contributed by atoms with Crippen LogP contribution in [0.4, 0.5) is 11.4 Å². The van der Waals surface area contributed by atoms with E-state index in [4.69, 9.17) is 5.73 Å². The number of carbonyl (C=O) groups is 1. The van der Waals surface area contributed by atoms with E-state index in [9.17, 15) is 19.1 Å². The molecule has 1 amide bonds. The van der Waals surface area contributed by atoms with E-state index in [0.29, 0.717) is 13.0 Å². The van der Waals surface area contributed by atoms with Gasteiger partial charge in [-0.2, -0.15) is 0 Å². The van der Waals surface area contributed by atoms with Crippen LogP contribution >= 0.6 is 0 Å². The number of nitro groups is 1. The van der Waals surface area contributed by atoms with Crippen molar-refractivity contribution in [2.24, 2.45) is 5.73 Å². The second-order valence-electron chi connectivity index (χ2n) is 4.38. The fourth-order valence-corrected chi connectivity index (χ4v) is 2.02. The second-order valence-corrected chi connectivity index (χ2v) is 6.18. The number of benzene rings is 1. The van der Waals surface area contributed by atoms with Crippen molar-refractivity contribution in [1.82, 2.24) is 0 Å². The minimum Gasteiger partial charge on any atom is -0.379 e. The number of nitrogens with zero attached hydrogens (tertiary/aromatic N) is 1. The molecule has 0 spiro atoms. The maximum absolute atomic E-state index is 11.2. The molecular formula is C12H17N3O4S. The standard InChI is InChI=1S/C12H17N3O4S/c1-8(20(2)19)5-6-14-10-7-9(12(13)16)3-4-11(10)15(17)18/h3-4,7-8,14H,5-6H2,1-2H3,(H2,13,16). The summed E-state index contributed by atoms with van der Waals surface area (Å²) in [4.78, 5) is 21.5. The molecular weight excluding hydrogens is 282 g/mol. The van der Waals surface area contributed by atoms with Crippen molar-refractivity contribution in [3.8, 4) is 0 Å². The van der Waals surface area contributed by atoms with Crippen LogP contribution in [0.25, 0.3) is 0 Å². The lowest BCUT2D eigenvalue weighted by molar-refractivity contribution is -0.384. The lowest BCUT2D eigenvalue weighted by atomic mass is 10.1. The number of amides is 1. The molecule has 0 aliphatic carbocycles. The number of hydrogen-bond donors (Lipinski definition) is 2. The highest BCUT2D eigenvalue weighted by Crippen LogP contribution is 2.25. The van der Waals surface area contributed by atoms with Crippen LogP contribution in [0.15, 0.2) is 18.2 Å². The van der Waals surface area contributed by atoms with Gasteiger partial charge in [0, 0.05) is 40.5 Å². The van der Waals surface area contributed by atoms with Crippen LogP contribution in [-0.4, -0.2) is 33.1 Å². The van der Waals surface area contributed by atoms with Crippen LogP contribution in [0.2, 0.25) is 0 Å². The van der Waals surface area contributed by atoms with Gasteiger partial charge in [0.05, 0.1) is 4.92 Å². The quantitative estimate of drug-likeness (QED) is 0.581. The third-order valence-corrected chi connectivity index (χ3v) is 4.28. The van der Waals surface area contributed by atoms with Gasteiger partial charge in [-0.25, -0.2) is 0 Å². The van der Waals surface area contributed by atoms with Gasteiger partial charge in [0.2, 0.25) is 5.91 Å². The summed E-state index contributed by atoms with van der Waals surface area (Å²) in [6.07, 6.45) is 2.21. The van der Waals surface area contributed by atoms with E-state index in [2.05, 4.69) is 5.32 Å². The molecule has 0 fully saturated rings. The molecule has 7 nitrogen and oxygen atoms in total. The van der Waals surface area contributed by atoms with Gasteiger partial charge < -0.3 is 11.1 Å². The lowest BCUT2D eigenvalue weighted by Gasteiger charge is -2.11. The third-order valence-electron chi connectivity index (χ3n) is 2.91. The molecule has 1 aromatic carbocycles. The van der Waals surface area contributed by atoms with E-state index in [0.717, 1.165) is 0 Å². The van der Waals surface area contributed by atoms with Gasteiger partial charge in [-0.1, -0.05) is 6.92 Å². The molecule has 110 valence electrons. The topological polar surface area (TPSA) is 115 Å². The molecule has 0 heterocycles. The highest BCUT2D eigenvalue weighted by atomic mass is 32.2. The average Bonchev–Trinajstić information content (AvgIpc) is 2.37. The Morgan fingerprint density at radius 3 is 2.70 bits per heavy atom. The number of anilines is 1. The minimum absolute atomic E-state index is 0.0131. The molecule has 2 atom stereocenters. The van der Waals surface area contributed by atoms with Crippen LogP contribution in [0.1, 0.15) is 23.7 Å². The van der Waals surface area contributed by atoms with E-state index in [-0.39, 0.29) is 22.2 Å². The maximum Gasteiger partial charge on any atom is 0.292 e. The summed E-state index contributed by atoms with van der Waals surface area (Å²) in [7, 11) is -0.942. The molecule has 0 aromatic heterocycles. The number of hydrogen-bond acceptors (Lipinski definition) is 5. The summed E-state index contributed by atoms with van der Waals surface area (Å²) >= 11 is 0. The smallest absolute Gasteiger partial charge is 0.292 e. The summed E-state index contributed by atoms with van der Waals surface area (Å²) in [6, 6.07) is 3.91. The van der Waals surface area contributed by atoms with Crippen molar-refractivity contribution in [3.05, 3.63) is 33.9 Å². The Labute approximate surface area is 119 Å². The summed E-state index contributed by atoms with van der Waals surface area (Å²) in [5, 5.41) is 13.8. The molecule has 0 saturated carbocycles. The Hall–Kier alpha value is -1.96. The van der Waals surface area contributed by atoms with Crippen LogP contribution in [0.5, 0.6) is 0 Å². The Morgan fingerprint density at radius 2 is 2.20 bits per heavy atom. The van der Waals surface area contributed by atoms with Crippen LogP contribution in [0.3, 0.4) is 0 Å². The molecule has 8 heteroatoms. The predicted octanol–water partition coefficient (Wildman–Crippen LogP) is 1.26. The van der Waals surface area contributed by atoms with Gasteiger partial charge >= 0.3 is 0 Å². The summed E-state index contributed by atoms with van der Waals surface area (Å²) in [6.45, 7) is 2.26. The van der Waals surface area contributed by atoms with Crippen LogP contribution in [-0.2, 0) is 10.8 Å². The maximum atomic E-state index is 11.2. The molecule has 0 bridgehead atoms. The fraction of sp³-hybridized carbons (Fsp3) is 0.417. The summed E-state index contributed by atoms with van der Waals surface area (Å²) < 4.78 is 11.2. The van der Waals surface area contributed by atoms with Crippen molar-refractivity contribution in [2.45, 2.75) is 18.6 Å². The van der Waals surface area contributed by atoms with E-state index in [1.165, 1.54) is 18.2 Å². The van der Waals surface area contributed by atoms with Gasteiger partial charge in [0.25, 0.3) is 5.69 Å². The predicted molar refractivity (Wildman–Crippen MR) is 78.2 cm³/mol. The monoisotopic (exact) mass is 299 g/mol. The number of primary amides is 1. The molecule has 3 N–H and O–H groups in total. The minimum atomic E-state index is -0.942. The fourth-order valence-electron chi connectivity index (χ4n) is 1.57. The van der Waals surface area contributed by atoms with Gasteiger partial charge in [-0.05, 0) is 18.6 Å². The summed E-state index contributed by atoms with van der Waals surface area (Å²) in [5.74, 6) is -0.647. The van der Waals surface area contributed by atoms with E-state index in [1.54, 1.807) is 6.26 Å². The Balaban J connectivity index is 2.85. The van der Waals surface area contributed by atoms with Crippen LogP contribution in [0, 0.1) is 10.1 Å². The number of rotatable bonds is 7. The van der Waals surface area contributed by atoms with Crippen molar-refractivity contribution < 1.29 is 13.9 Å². The number of nitro benzene ring substituents is 1. The van der Waals surface area contributed by atoms with Gasteiger partial charge in [0.1, 0.15) is 5.69 Å². The van der Waals surface area contributed by atoms with E-state index >= 15 is 0 Å². The van der Waals surface area contributed by atoms with Crippen molar-refractivity contribution in [1.29, 1.82) is 0 Å². The zero-order chi connectivity index (χ0) is 15.3. The number of nitrogens with two attached hydrogens (primary N) is 1. The molecule has 0 aliphatic heterocycles. The lowest BCUT2D eigenvalue weighted by Crippen LogP contribution is -2.16. The first kappa shape index (κ1) is 16.1. The third kappa shape index (κ3) is 4.30.